The van der Waals surface area contributed by atoms with Crippen LogP contribution >= 0.6 is 0 Å². The van der Waals surface area contributed by atoms with E-state index >= 15 is 0 Å². The minimum absolute atomic E-state index is 0.262. The molecule has 0 fully saturated rings. The fourth-order valence-corrected chi connectivity index (χ4v) is 1.57. The molecule has 0 aliphatic carbocycles. The third-order valence-electron chi connectivity index (χ3n) is 2.34. The molecule has 0 saturated carbocycles. The highest BCUT2D eigenvalue weighted by Gasteiger charge is 2.13. The number of ether oxygens (including phenoxy) is 1. The van der Waals surface area contributed by atoms with E-state index in [1.807, 2.05) is 6.92 Å². The summed E-state index contributed by atoms with van der Waals surface area (Å²) in [5, 5.41) is 18.6. The van der Waals surface area contributed by atoms with Crippen LogP contribution in [0.3, 0.4) is 0 Å². The minimum Gasteiger partial charge on any atom is -0.389 e. The number of aromatic nitrogens is 1. The highest BCUT2D eigenvalue weighted by Crippen LogP contribution is 2.16. The van der Waals surface area contributed by atoms with E-state index in [1.54, 1.807) is 24.1 Å². The molecule has 1 rings (SSSR count). The molecule has 0 aromatic carbocycles. The van der Waals surface area contributed by atoms with Crippen molar-refractivity contribution in [3.63, 3.8) is 0 Å². The average Bonchev–Trinajstić information content (AvgIpc) is 2.29. The van der Waals surface area contributed by atoms with Crippen LogP contribution in [0.1, 0.15) is 11.3 Å². The molecule has 92 valence electrons. The second-order valence-corrected chi connectivity index (χ2v) is 3.93. The van der Waals surface area contributed by atoms with E-state index in [4.69, 9.17) is 10.00 Å². The van der Waals surface area contributed by atoms with Gasteiger partial charge >= 0.3 is 0 Å². The fraction of sp³-hybridized carbons (Fsp3) is 0.500. The van der Waals surface area contributed by atoms with Crippen LogP contribution in [0.4, 0.5) is 5.82 Å². The molecule has 1 aromatic rings. The molecule has 1 unspecified atom stereocenters. The van der Waals surface area contributed by atoms with Gasteiger partial charge in [-0.1, -0.05) is 0 Å². The highest BCUT2D eigenvalue weighted by molar-refractivity contribution is 5.53. The number of methoxy groups -OCH3 is 1. The number of aliphatic hydroxyl groups excluding tert-OH is 1. The predicted molar refractivity (Wildman–Crippen MR) is 64.8 cm³/mol. The van der Waals surface area contributed by atoms with Crippen LogP contribution in [-0.2, 0) is 4.74 Å². The zero-order valence-electron chi connectivity index (χ0n) is 10.3. The number of hydrogen-bond donors (Lipinski definition) is 1. The molecule has 1 N–H and O–H groups in total. The largest absolute Gasteiger partial charge is 0.389 e. The molecule has 0 bridgehead atoms. The maximum absolute atomic E-state index is 9.64. The van der Waals surface area contributed by atoms with Gasteiger partial charge in [0, 0.05) is 26.4 Å². The lowest BCUT2D eigenvalue weighted by Crippen LogP contribution is -2.32. The summed E-state index contributed by atoms with van der Waals surface area (Å²) in [4.78, 5) is 6.07. The molecule has 0 amide bonds. The first-order valence-corrected chi connectivity index (χ1v) is 5.34. The van der Waals surface area contributed by atoms with Crippen molar-refractivity contribution in [2.24, 2.45) is 0 Å². The number of pyridine rings is 1. The van der Waals surface area contributed by atoms with E-state index in [9.17, 15) is 5.11 Å². The maximum Gasteiger partial charge on any atom is 0.146 e. The molecule has 5 nitrogen and oxygen atoms in total. The summed E-state index contributed by atoms with van der Waals surface area (Å²) in [6.45, 7) is 2.50. The summed E-state index contributed by atoms with van der Waals surface area (Å²) in [7, 11) is 3.33. The van der Waals surface area contributed by atoms with Gasteiger partial charge in [-0.15, -0.1) is 0 Å². The van der Waals surface area contributed by atoms with Crippen molar-refractivity contribution in [1.29, 1.82) is 5.26 Å². The van der Waals surface area contributed by atoms with Gasteiger partial charge in [0.15, 0.2) is 0 Å². The quantitative estimate of drug-likeness (QED) is 0.813. The minimum atomic E-state index is -0.598. The van der Waals surface area contributed by atoms with Gasteiger partial charge in [0.25, 0.3) is 0 Å². The van der Waals surface area contributed by atoms with E-state index < -0.39 is 6.10 Å². The second kappa shape index (κ2) is 6.18. The van der Waals surface area contributed by atoms with Crippen molar-refractivity contribution in [2.75, 3.05) is 32.2 Å². The second-order valence-electron chi connectivity index (χ2n) is 3.93. The van der Waals surface area contributed by atoms with Crippen LogP contribution in [0.5, 0.6) is 0 Å². The first kappa shape index (κ1) is 13.4. The molecule has 1 aromatic heterocycles. The summed E-state index contributed by atoms with van der Waals surface area (Å²) >= 11 is 0. The van der Waals surface area contributed by atoms with Gasteiger partial charge in [0.2, 0.25) is 0 Å². The zero-order chi connectivity index (χ0) is 12.8. The Morgan fingerprint density at radius 3 is 2.88 bits per heavy atom. The number of aryl methyl sites for hydroxylation is 1. The van der Waals surface area contributed by atoms with E-state index in [2.05, 4.69) is 11.1 Å². The normalized spacial score (nSPS) is 11.9. The average molecular weight is 235 g/mol. The van der Waals surface area contributed by atoms with Crippen LogP contribution in [-0.4, -0.2) is 43.5 Å². The Kier molecular flexibility index (Phi) is 4.88. The molecule has 0 aliphatic rings. The Labute approximate surface area is 101 Å². The standard InChI is InChI=1S/C12H17N3O2/c1-9-4-5-10(6-13)12(14-9)15(2)7-11(16)8-17-3/h4-5,11,16H,7-8H2,1-3H3. The van der Waals surface area contributed by atoms with Gasteiger partial charge in [-0.3, -0.25) is 0 Å². The Morgan fingerprint density at radius 1 is 1.59 bits per heavy atom. The lowest BCUT2D eigenvalue weighted by molar-refractivity contribution is 0.0694. The number of hydrogen-bond acceptors (Lipinski definition) is 5. The number of nitriles is 1. The number of aliphatic hydroxyl groups is 1. The van der Waals surface area contributed by atoms with Gasteiger partial charge in [0.05, 0.1) is 18.3 Å². The van der Waals surface area contributed by atoms with Crippen molar-refractivity contribution in [3.05, 3.63) is 23.4 Å². The lowest BCUT2D eigenvalue weighted by atomic mass is 10.2. The van der Waals surface area contributed by atoms with E-state index in [1.165, 1.54) is 7.11 Å². The van der Waals surface area contributed by atoms with Crippen molar-refractivity contribution in [3.8, 4) is 6.07 Å². The molecule has 0 aliphatic heterocycles. The third kappa shape index (κ3) is 3.70. The Morgan fingerprint density at radius 2 is 2.29 bits per heavy atom. The molecule has 0 radical (unpaired) electrons. The molecule has 0 saturated heterocycles. The zero-order valence-corrected chi connectivity index (χ0v) is 10.3. The number of nitrogens with zero attached hydrogens (tertiary/aromatic N) is 3. The summed E-state index contributed by atoms with van der Waals surface area (Å²) in [5.41, 5.74) is 1.34. The third-order valence-corrected chi connectivity index (χ3v) is 2.34. The smallest absolute Gasteiger partial charge is 0.146 e. The van der Waals surface area contributed by atoms with Gasteiger partial charge in [-0.2, -0.15) is 5.26 Å². The molecule has 1 heterocycles. The van der Waals surface area contributed by atoms with Gasteiger partial charge in [-0.25, -0.2) is 4.98 Å². The summed E-state index contributed by atoms with van der Waals surface area (Å²) in [5.74, 6) is 0.586. The molecule has 5 heteroatoms. The van der Waals surface area contributed by atoms with E-state index in [-0.39, 0.29) is 6.61 Å². The lowest BCUT2D eigenvalue weighted by Gasteiger charge is -2.22. The molecule has 1 atom stereocenters. The number of anilines is 1. The molecule has 0 spiro atoms. The van der Waals surface area contributed by atoms with E-state index in [0.717, 1.165) is 5.69 Å². The first-order valence-electron chi connectivity index (χ1n) is 5.34. The van der Waals surface area contributed by atoms with E-state index in [0.29, 0.717) is 17.9 Å². The Balaban J connectivity index is 2.84. The fourth-order valence-electron chi connectivity index (χ4n) is 1.57. The van der Waals surface area contributed by atoms with Crippen LogP contribution < -0.4 is 4.90 Å². The SMILES string of the molecule is COCC(O)CN(C)c1nc(C)ccc1C#N. The molecular formula is C12H17N3O2. The van der Waals surface area contributed by atoms with Crippen LogP contribution in [0, 0.1) is 18.3 Å². The topological polar surface area (TPSA) is 69.4 Å². The monoisotopic (exact) mass is 235 g/mol. The van der Waals surface area contributed by atoms with Crippen molar-refractivity contribution in [2.45, 2.75) is 13.0 Å². The molecule has 17 heavy (non-hydrogen) atoms. The highest BCUT2D eigenvalue weighted by atomic mass is 16.5. The van der Waals surface area contributed by atoms with Crippen LogP contribution in [0.25, 0.3) is 0 Å². The van der Waals surface area contributed by atoms with Crippen molar-refractivity contribution >= 4 is 5.82 Å². The van der Waals surface area contributed by atoms with Gasteiger partial charge < -0.3 is 14.7 Å². The summed E-state index contributed by atoms with van der Waals surface area (Å²) in [6.07, 6.45) is -0.598. The van der Waals surface area contributed by atoms with Gasteiger partial charge in [-0.05, 0) is 19.1 Å². The first-order chi connectivity index (χ1) is 8.08. The Hall–Kier alpha value is -1.64. The summed E-state index contributed by atoms with van der Waals surface area (Å²) < 4.78 is 4.86. The van der Waals surface area contributed by atoms with Gasteiger partial charge in [0.1, 0.15) is 11.9 Å². The van der Waals surface area contributed by atoms with Crippen LogP contribution in [0.15, 0.2) is 12.1 Å². The van der Waals surface area contributed by atoms with Crippen molar-refractivity contribution in [1.82, 2.24) is 4.98 Å². The number of rotatable bonds is 5. The Bertz CT molecular complexity index is 415. The van der Waals surface area contributed by atoms with Crippen LogP contribution in [0.2, 0.25) is 0 Å². The molecular weight excluding hydrogens is 218 g/mol. The number of likely N-dealkylation sites (N-methyl/N-ethyl adjacent to an activating group) is 1. The predicted octanol–water partition coefficient (Wildman–Crippen LogP) is 0.705. The maximum atomic E-state index is 9.64. The van der Waals surface area contributed by atoms with Crippen molar-refractivity contribution < 1.29 is 9.84 Å². The summed E-state index contributed by atoms with van der Waals surface area (Å²) in [6, 6.07) is 5.62.